The van der Waals surface area contributed by atoms with Gasteiger partial charge in [-0.3, -0.25) is 0 Å². The zero-order chi connectivity index (χ0) is 8.81. The molecule has 0 aromatic heterocycles. The first-order valence-corrected chi connectivity index (χ1v) is 4.43. The van der Waals surface area contributed by atoms with Crippen molar-refractivity contribution < 1.29 is 14.9 Å². The molecule has 1 heterocycles. The van der Waals surface area contributed by atoms with E-state index in [1.807, 2.05) is 0 Å². The van der Waals surface area contributed by atoms with E-state index in [-0.39, 0.29) is 18.5 Å². The molecule has 3 heteroatoms. The highest BCUT2D eigenvalue weighted by Gasteiger charge is 2.11. The maximum atomic E-state index is 8.94. The van der Waals surface area contributed by atoms with Crippen molar-refractivity contribution in [3.8, 4) is 0 Å². The molecule has 0 aliphatic carbocycles. The first-order chi connectivity index (χ1) is 5.83. The fraction of sp³-hybridized carbons (Fsp3) is 0.778. The third-order valence-electron chi connectivity index (χ3n) is 2.05. The number of aliphatic hydroxyl groups is 2. The van der Waals surface area contributed by atoms with Gasteiger partial charge in [-0.05, 0) is 31.8 Å². The van der Waals surface area contributed by atoms with Crippen LogP contribution in [0, 0.1) is 0 Å². The standard InChI is InChI=1S/C9H16O3/c10-7-8(11)4-5-9-3-1-2-6-12-9/h4,9-11H,1-3,5-7H2/b8-4-. The van der Waals surface area contributed by atoms with Gasteiger partial charge in [-0.25, -0.2) is 0 Å². The van der Waals surface area contributed by atoms with Crippen molar-refractivity contribution >= 4 is 0 Å². The molecule has 0 radical (unpaired) electrons. The molecule has 1 fully saturated rings. The molecule has 0 bridgehead atoms. The lowest BCUT2D eigenvalue weighted by Crippen LogP contribution is -2.18. The van der Waals surface area contributed by atoms with Gasteiger partial charge in [0.2, 0.25) is 0 Å². The van der Waals surface area contributed by atoms with Gasteiger partial charge in [-0.15, -0.1) is 0 Å². The Morgan fingerprint density at radius 3 is 2.92 bits per heavy atom. The molecule has 0 amide bonds. The Kier molecular flexibility index (Phi) is 4.11. The van der Waals surface area contributed by atoms with Crippen molar-refractivity contribution in [2.45, 2.75) is 31.8 Å². The molecule has 1 aliphatic heterocycles. The van der Waals surface area contributed by atoms with Crippen LogP contribution >= 0.6 is 0 Å². The summed E-state index contributed by atoms with van der Waals surface area (Å²) in [6, 6.07) is 0. The van der Waals surface area contributed by atoms with E-state index >= 15 is 0 Å². The molecule has 1 rings (SSSR count). The second kappa shape index (κ2) is 5.17. The monoisotopic (exact) mass is 172 g/mol. The molecule has 1 aliphatic rings. The Labute approximate surface area is 72.7 Å². The Morgan fingerprint density at radius 1 is 1.50 bits per heavy atom. The maximum Gasteiger partial charge on any atom is 0.114 e. The lowest BCUT2D eigenvalue weighted by molar-refractivity contribution is 0.0178. The molecule has 1 atom stereocenters. The Bertz CT molecular complexity index is 148. The smallest absolute Gasteiger partial charge is 0.114 e. The van der Waals surface area contributed by atoms with Crippen LogP contribution in [0.4, 0.5) is 0 Å². The van der Waals surface area contributed by atoms with Gasteiger partial charge in [0, 0.05) is 6.61 Å². The minimum Gasteiger partial charge on any atom is -0.510 e. The molecule has 3 nitrogen and oxygen atoms in total. The quantitative estimate of drug-likeness (QED) is 0.632. The third kappa shape index (κ3) is 3.24. The van der Waals surface area contributed by atoms with Gasteiger partial charge in [0.15, 0.2) is 0 Å². The van der Waals surface area contributed by atoms with Crippen LogP contribution in [0.25, 0.3) is 0 Å². The molecular weight excluding hydrogens is 156 g/mol. The first kappa shape index (κ1) is 9.55. The molecule has 1 unspecified atom stereocenters. The topological polar surface area (TPSA) is 49.7 Å². The van der Waals surface area contributed by atoms with Crippen LogP contribution in [-0.4, -0.2) is 29.5 Å². The van der Waals surface area contributed by atoms with Crippen LogP contribution in [0.3, 0.4) is 0 Å². The lowest BCUT2D eigenvalue weighted by atomic mass is 10.1. The summed E-state index contributed by atoms with van der Waals surface area (Å²) in [5.74, 6) is 0.0455. The Morgan fingerprint density at radius 2 is 2.33 bits per heavy atom. The molecule has 0 aromatic carbocycles. The zero-order valence-corrected chi connectivity index (χ0v) is 7.20. The highest BCUT2D eigenvalue weighted by molar-refractivity contribution is 4.92. The van der Waals surface area contributed by atoms with Crippen LogP contribution in [0.5, 0.6) is 0 Å². The van der Waals surface area contributed by atoms with Crippen molar-refractivity contribution in [2.75, 3.05) is 13.2 Å². The average molecular weight is 172 g/mol. The molecule has 70 valence electrons. The van der Waals surface area contributed by atoms with E-state index in [4.69, 9.17) is 14.9 Å². The summed E-state index contributed by atoms with van der Waals surface area (Å²) in [4.78, 5) is 0. The van der Waals surface area contributed by atoms with Crippen LogP contribution in [0.2, 0.25) is 0 Å². The average Bonchev–Trinajstić information content (AvgIpc) is 2.16. The minimum absolute atomic E-state index is 0.0455. The number of hydrogen-bond acceptors (Lipinski definition) is 3. The summed E-state index contributed by atoms with van der Waals surface area (Å²) in [7, 11) is 0. The van der Waals surface area contributed by atoms with E-state index in [0.29, 0.717) is 6.42 Å². The number of ether oxygens (including phenoxy) is 1. The van der Waals surface area contributed by atoms with Gasteiger partial charge in [0.1, 0.15) is 5.76 Å². The fourth-order valence-electron chi connectivity index (χ4n) is 1.33. The highest BCUT2D eigenvalue weighted by Crippen LogP contribution is 2.16. The largest absolute Gasteiger partial charge is 0.510 e. The van der Waals surface area contributed by atoms with Crippen molar-refractivity contribution in [3.63, 3.8) is 0 Å². The van der Waals surface area contributed by atoms with Crippen molar-refractivity contribution in [3.05, 3.63) is 11.8 Å². The molecule has 1 saturated heterocycles. The normalized spacial score (nSPS) is 25.8. The summed E-state index contributed by atoms with van der Waals surface area (Å²) in [6.45, 7) is 0.561. The summed E-state index contributed by atoms with van der Waals surface area (Å²) in [5, 5.41) is 17.4. The van der Waals surface area contributed by atoms with Crippen molar-refractivity contribution in [1.82, 2.24) is 0 Å². The van der Waals surface area contributed by atoms with Crippen LogP contribution in [0.1, 0.15) is 25.7 Å². The van der Waals surface area contributed by atoms with Crippen molar-refractivity contribution in [2.24, 2.45) is 0 Å². The van der Waals surface area contributed by atoms with Gasteiger partial charge in [-0.2, -0.15) is 0 Å². The van der Waals surface area contributed by atoms with E-state index < -0.39 is 0 Å². The third-order valence-corrected chi connectivity index (χ3v) is 2.05. The maximum absolute atomic E-state index is 8.94. The van der Waals surface area contributed by atoms with E-state index in [2.05, 4.69) is 0 Å². The lowest BCUT2D eigenvalue weighted by Gasteiger charge is -2.21. The number of aliphatic hydroxyl groups excluding tert-OH is 2. The van der Waals surface area contributed by atoms with E-state index in [9.17, 15) is 0 Å². The fourth-order valence-corrected chi connectivity index (χ4v) is 1.33. The van der Waals surface area contributed by atoms with Gasteiger partial charge < -0.3 is 14.9 Å². The molecule has 2 N–H and O–H groups in total. The molecule has 0 aromatic rings. The molecular formula is C9H16O3. The SMILES string of the molecule is OC/C(O)=C/CC1CCCCO1. The highest BCUT2D eigenvalue weighted by atomic mass is 16.5. The Balaban J connectivity index is 2.21. The summed E-state index contributed by atoms with van der Waals surface area (Å²) in [6.07, 6.45) is 6.01. The van der Waals surface area contributed by atoms with Gasteiger partial charge >= 0.3 is 0 Å². The van der Waals surface area contributed by atoms with Crippen LogP contribution in [-0.2, 0) is 4.74 Å². The summed E-state index contributed by atoms with van der Waals surface area (Å²) in [5.41, 5.74) is 0. The number of hydrogen-bond donors (Lipinski definition) is 2. The predicted octanol–water partition coefficient (Wildman–Crippen LogP) is 1.38. The van der Waals surface area contributed by atoms with Crippen LogP contribution < -0.4 is 0 Å². The summed E-state index contributed by atoms with van der Waals surface area (Å²) >= 11 is 0. The zero-order valence-electron chi connectivity index (χ0n) is 7.20. The molecule has 0 spiro atoms. The molecule has 12 heavy (non-hydrogen) atoms. The van der Waals surface area contributed by atoms with Crippen LogP contribution in [0.15, 0.2) is 11.8 Å². The predicted molar refractivity (Wildman–Crippen MR) is 46.0 cm³/mol. The van der Waals surface area contributed by atoms with Gasteiger partial charge in [0.05, 0.1) is 12.7 Å². The van der Waals surface area contributed by atoms with Gasteiger partial charge in [0.25, 0.3) is 0 Å². The second-order valence-electron chi connectivity index (χ2n) is 3.08. The first-order valence-electron chi connectivity index (χ1n) is 4.43. The van der Waals surface area contributed by atoms with E-state index in [1.165, 1.54) is 6.42 Å². The molecule has 0 saturated carbocycles. The van der Waals surface area contributed by atoms with E-state index in [0.717, 1.165) is 19.4 Å². The van der Waals surface area contributed by atoms with Gasteiger partial charge in [-0.1, -0.05) is 0 Å². The van der Waals surface area contributed by atoms with E-state index in [1.54, 1.807) is 6.08 Å². The number of rotatable bonds is 3. The van der Waals surface area contributed by atoms with Crippen molar-refractivity contribution in [1.29, 1.82) is 0 Å². The summed E-state index contributed by atoms with van der Waals surface area (Å²) < 4.78 is 5.44. The Hall–Kier alpha value is -0.540. The minimum atomic E-state index is -0.271. The second-order valence-corrected chi connectivity index (χ2v) is 3.08.